The number of carbonyl (C=O) groups excluding carboxylic acids is 2. The molecule has 1 heterocycles. The number of carbonyl (C=O) groups is 2. The lowest BCUT2D eigenvalue weighted by Gasteiger charge is -2.08. The first-order valence-electron chi connectivity index (χ1n) is 8.60. The van der Waals surface area contributed by atoms with Crippen molar-refractivity contribution in [1.29, 1.82) is 0 Å². The standard InChI is InChI=1S/C21H19FN4O2/c1-14-12-16(15(2)26(14)19-6-4-3-5-7-19)13-23-25-21(28)20(27)24-18-10-8-17(22)9-11-18/h3-13H,1-2H3,(H,24,27)(H,25,28)/b23-13-. The van der Waals surface area contributed by atoms with Crippen LogP contribution in [0.15, 0.2) is 65.8 Å². The molecule has 0 bridgehead atoms. The van der Waals surface area contributed by atoms with Crippen LogP contribution in [-0.2, 0) is 9.59 Å². The van der Waals surface area contributed by atoms with E-state index in [1.54, 1.807) is 0 Å². The number of nitrogens with one attached hydrogen (secondary N) is 2. The zero-order chi connectivity index (χ0) is 20.1. The van der Waals surface area contributed by atoms with Crippen molar-refractivity contribution in [2.45, 2.75) is 13.8 Å². The van der Waals surface area contributed by atoms with Crippen molar-refractivity contribution < 1.29 is 14.0 Å². The number of anilines is 1. The number of para-hydroxylation sites is 1. The third kappa shape index (κ3) is 4.32. The Hall–Kier alpha value is -3.74. The molecular formula is C21H19FN4O2. The fourth-order valence-electron chi connectivity index (χ4n) is 2.83. The normalized spacial score (nSPS) is 10.8. The molecule has 0 saturated heterocycles. The average molecular weight is 378 g/mol. The van der Waals surface area contributed by atoms with Crippen LogP contribution in [0.25, 0.3) is 5.69 Å². The van der Waals surface area contributed by atoms with Crippen molar-refractivity contribution in [1.82, 2.24) is 9.99 Å². The van der Waals surface area contributed by atoms with Gasteiger partial charge in [-0.15, -0.1) is 0 Å². The van der Waals surface area contributed by atoms with Gasteiger partial charge in [0.25, 0.3) is 0 Å². The van der Waals surface area contributed by atoms with Crippen LogP contribution in [0.2, 0.25) is 0 Å². The molecule has 1 aromatic heterocycles. The Morgan fingerprint density at radius 2 is 1.68 bits per heavy atom. The van der Waals surface area contributed by atoms with Crippen LogP contribution in [0.1, 0.15) is 17.0 Å². The zero-order valence-corrected chi connectivity index (χ0v) is 15.4. The van der Waals surface area contributed by atoms with E-state index in [-0.39, 0.29) is 0 Å². The van der Waals surface area contributed by atoms with Gasteiger partial charge in [-0.05, 0) is 56.3 Å². The highest BCUT2D eigenvalue weighted by Crippen LogP contribution is 2.19. The molecular weight excluding hydrogens is 359 g/mol. The third-order valence-corrected chi connectivity index (χ3v) is 4.16. The Morgan fingerprint density at radius 3 is 2.36 bits per heavy atom. The van der Waals surface area contributed by atoms with E-state index in [9.17, 15) is 14.0 Å². The Bertz CT molecular complexity index is 1020. The Kier molecular flexibility index (Phi) is 5.64. The Labute approximate surface area is 161 Å². The molecule has 7 heteroatoms. The van der Waals surface area contributed by atoms with Crippen LogP contribution in [-0.4, -0.2) is 22.6 Å². The summed E-state index contributed by atoms with van der Waals surface area (Å²) in [6.07, 6.45) is 1.49. The number of rotatable bonds is 4. The Morgan fingerprint density at radius 1 is 1.00 bits per heavy atom. The number of aromatic nitrogens is 1. The van der Waals surface area contributed by atoms with E-state index < -0.39 is 17.6 Å². The molecule has 0 spiro atoms. The van der Waals surface area contributed by atoms with Crippen molar-refractivity contribution in [3.63, 3.8) is 0 Å². The molecule has 0 aliphatic heterocycles. The number of hydrazone groups is 1. The van der Waals surface area contributed by atoms with Crippen LogP contribution >= 0.6 is 0 Å². The number of hydrogen-bond acceptors (Lipinski definition) is 3. The smallest absolute Gasteiger partial charge is 0.318 e. The van der Waals surface area contributed by atoms with Crippen LogP contribution in [0.3, 0.4) is 0 Å². The lowest BCUT2D eigenvalue weighted by Crippen LogP contribution is -2.32. The van der Waals surface area contributed by atoms with Crippen LogP contribution in [0.4, 0.5) is 10.1 Å². The first kappa shape index (κ1) is 19.0. The van der Waals surface area contributed by atoms with Gasteiger partial charge in [0.05, 0.1) is 6.21 Å². The van der Waals surface area contributed by atoms with Crippen molar-refractivity contribution in [2.24, 2.45) is 5.10 Å². The van der Waals surface area contributed by atoms with Gasteiger partial charge in [0.15, 0.2) is 0 Å². The van der Waals surface area contributed by atoms with Gasteiger partial charge in [-0.25, -0.2) is 9.82 Å². The molecule has 0 unspecified atom stereocenters. The second-order valence-electron chi connectivity index (χ2n) is 6.16. The quantitative estimate of drug-likeness (QED) is 0.415. The van der Waals surface area contributed by atoms with Gasteiger partial charge in [-0.3, -0.25) is 9.59 Å². The van der Waals surface area contributed by atoms with Crippen molar-refractivity contribution in [3.05, 3.63) is 83.4 Å². The predicted octanol–water partition coefficient (Wildman–Crippen LogP) is 3.32. The van der Waals surface area contributed by atoms with Gasteiger partial charge in [0, 0.05) is 28.3 Å². The lowest BCUT2D eigenvalue weighted by molar-refractivity contribution is -0.136. The first-order chi connectivity index (χ1) is 13.5. The second kappa shape index (κ2) is 8.30. The predicted molar refractivity (Wildman–Crippen MR) is 106 cm³/mol. The maximum Gasteiger partial charge on any atom is 0.329 e. The maximum absolute atomic E-state index is 12.9. The van der Waals surface area contributed by atoms with E-state index in [1.165, 1.54) is 30.5 Å². The summed E-state index contributed by atoms with van der Waals surface area (Å²) in [5.41, 5.74) is 6.33. The van der Waals surface area contributed by atoms with Gasteiger partial charge < -0.3 is 9.88 Å². The highest BCUT2D eigenvalue weighted by Gasteiger charge is 2.13. The van der Waals surface area contributed by atoms with Gasteiger partial charge >= 0.3 is 11.8 Å². The number of benzene rings is 2. The molecule has 2 N–H and O–H groups in total. The number of nitrogens with zero attached hydrogens (tertiary/aromatic N) is 2. The van der Waals surface area contributed by atoms with Crippen molar-refractivity contribution >= 4 is 23.7 Å². The largest absolute Gasteiger partial charge is 0.329 e. The minimum atomic E-state index is -0.919. The number of amides is 2. The average Bonchev–Trinajstić information content (AvgIpc) is 2.97. The van der Waals surface area contributed by atoms with E-state index in [0.717, 1.165) is 22.6 Å². The van der Waals surface area contributed by atoms with Crippen LogP contribution in [0.5, 0.6) is 0 Å². The number of halogens is 1. The fourth-order valence-corrected chi connectivity index (χ4v) is 2.83. The van der Waals surface area contributed by atoms with E-state index in [4.69, 9.17) is 0 Å². The molecule has 6 nitrogen and oxygen atoms in total. The minimum absolute atomic E-state index is 0.317. The second-order valence-corrected chi connectivity index (χ2v) is 6.16. The molecule has 2 amide bonds. The van der Waals surface area contributed by atoms with Gasteiger partial charge in [0.2, 0.25) is 0 Å². The highest BCUT2D eigenvalue weighted by atomic mass is 19.1. The SMILES string of the molecule is Cc1cc(/C=N\NC(=O)C(=O)Nc2ccc(F)cc2)c(C)n1-c1ccccc1. The lowest BCUT2D eigenvalue weighted by atomic mass is 10.2. The summed E-state index contributed by atoms with van der Waals surface area (Å²) in [7, 11) is 0. The molecule has 0 aliphatic carbocycles. The monoisotopic (exact) mass is 378 g/mol. The van der Waals surface area contributed by atoms with E-state index in [1.807, 2.05) is 50.2 Å². The molecule has 142 valence electrons. The van der Waals surface area contributed by atoms with Crippen molar-refractivity contribution in [2.75, 3.05) is 5.32 Å². The van der Waals surface area contributed by atoms with Gasteiger partial charge in [-0.1, -0.05) is 18.2 Å². The highest BCUT2D eigenvalue weighted by molar-refractivity contribution is 6.39. The van der Waals surface area contributed by atoms with Crippen LogP contribution in [0, 0.1) is 19.7 Å². The summed E-state index contributed by atoms with van der Waals surface area (Å²) < 4.78 is 14.9. The van der Waals surface area contributed by atoms with Crippen LogP contribution < -0.4 is 10.7 Å². The molecule has 2 aromatic carbocycles. The Balaban J connectivity index is 1.65. The first-order valence-corrected chi connectivity index (χ1v) is 8.60. The topological polar surface area (TPSA) is 75.5 Å². The fraction of sp³-hybridized carbons (Fsp3) is 0.0952. The number of hydrogen-bond donors (Lipinski definition) is 2. The zero-order valence-electron chi connectivity index (χ0n) is 15.4. The van der Waals surface area contributed by atoms with E-state index in [2.05, 4.69) is 20.4 Å². The molecule has 3 rings (SSSR count). The number of aryl methyl sites for hydroxylation is 1. The van der Waals surface area contributed by atoms with Crippen molar-refractivity contribution in [3.8, 4) is 5.69 Å². The van der Waals surface area contributed by atoms with E-state index in [0.29, 0.717) is 5.69 Å². The summed E-state index contributed by atoms with van der Waals surface area (Å²) in [6, 6.07) is 16.9. The summed E-state index contributed by atoms with van der Waals surface area (Å²) in [5, 5.41) is 6.24. The molecule has 0 fully saturated rings. The summed E-state index contributed by atoms with van der Waals surface area (Å²) in [6.45, 7) is 3.93. The maximum atomic E-state index is 12.9. The minimum Gasteiger partial charge on any atom is -0.318 e. The summed E-state index contributed by atoms with van der Waals surface area (Å²) in [4.78, 5) is 23.7. The third-order valence-electron chi connectivity index (χ3n) is 4.16. The summed E-state index contributed by atoms with van der Waals surface area (Å²) in [5.74, 6) is -2.24. The molecule has 0 saturated carbocycles. The molecule has 3 aromatic rings. The molecule has 0 radical (unpaired) electrons. The van der Waals surface area contributed by atoms with Gasteiger partial charge in [-0.2, -0.15) is 5.10 Å². The van der Waals surface area contributed by atoms with Gasteiger partial charge in [0.1, 0.15) is 5.82 Å². The summed E-state index contributed by atoms with van der Waals surface area (Å²) >= 11 is 0. The van der Waals surface area contributed by atoms with E-state index >= 15 is 0 Å². The molecule has 0 aliphatic rings. The molecule has 28 heavy (non-hydrogen) atoms. The molecule has 0 atom stereocenters.